The zero-order valence-electron chi connectivity index (χ0n) is 15.6. The van der Waals surface area contributed by atoms with Crippen LogP contribution in [0.2, 0.25) is 0 Å². The molecule has 0 bridgehead atoms. The first-order valence-corrected chi connectivity index (χ1v) is 9.11. The Morgan fingerprint density at radius 2 is 1.82 bits per heavy atom. The van der Waals surface area contributed by atoms with Gasteiger partial charge in [-0.3, -0.25) is 14.4 Å². The summed E-state index contributed by atoms with van der Waals surface area (Å²) in [6, 6.07) is 7.90. The molecule has 148 valence electrons. The molecule has 3 rings (SSSR count). The second-order valence-electron chi connectivity index (χ2n) is 6.56. The molecule has 2 aromatic rings. The maximum Gasteiger partial charge on any atom is 0.255 e. The number of anilines is 1. The van der Waals surface area contributed by atoms with E-state index in [9.17, 15) is 14.4 Å². The van der Waals surface area contributed by atoms with Crippen LogP contribution < -0.4 is 10.6 Å². The SMILES string of the molecule is C[C@H](NC(=O)c1ccoc1)C(=O)Nc1ccc(CC(=O)N2CCOCC2)cc1. The van der Waals surface area contributed by atoms with Crippen LogP contribution in [0, 0.1) is 0 Å². The molecule has 1 atom stereocenters. The van der Waals surface area contributed by atoms with Crippen LogP contribution in [-0.2, 0) is 20.7 Å². The summed E-state index contributed by atoms with van der Waals surface area (Å²) in [7, 11) is 0. The number of carbonyl (C=O) groups excluding carboxylic acids is 3. The molecule has 0 unspecified atom stereocenters. The number of nitrogens with zero attached hydrogens (tertiary/aromatic N) is 1. The van der Waals surface area contributed by atoms with E-state index >= 15 is 0 Å². The Morgan fingerprint density at radius 3 is 2.46 bits per heavy atom. The molecule has 1 fully saturated rings. The molecule has 1 aromatic carbocycles. The number of carbonyl (C=O) groups is 3. The molecule has 0 saturated carbocycles. The lowest BCUT2D eigenvalue weighted by Gasteiger charge is -2.26. The maximum atomic E-state index is 12.3. The zero-order chi connectivity index (χ0) is 19.9. The van der Waals surface area contributed by atoms with Crippen LogP contribution in [0.3, 0.4) is 0 Å². The third-order valence-corrected chi connectivity index (χ3v) is 4.46. The molecular weight excluding hydrogens is 362 g/mol. The quantitative estimate of drug-likeness (QED) is 0.784. The Labute approximate surface area is 162 Å². The van der Waals surface area contributed by atoms with Gasteiger partial charge in [-0.1, -0.05) is 12.1 Å². The van der Waals surface area contributed by atoms with Crippen LogP contribution in [0.15, 0.2) is 47.3 Å². The highest BCUT2D eigenvalue weighted by Gasteiger charge is 2.18. The van der Waals surface area contributed by atoms with Crippen LogP contribution in [0.5, 0.6) is 0 Å². The lowest BCUT2D eigenvalue weighted by Crippen LogP contribution is -2.41. The molecule has 1 aliphatic rings. The number of furan rings is 1. The lowest BCUT2D eigenvalue weighted by molar-refractivity contribution is -0.134. The van der Waals surface area contributed by atoms with Crippen LogP contribution in [0.25, 0.3) is 0 Å². The van der Waals surface area contributed by atoms with Gasteiger partial charge >= 0.3 is 0 Å². The number of ether oxygens (including phenoxy) is 1. The van der Waals surface area contributed by atoms with Crippen molar-refractivity contribution in [1.82, 2.24) is 10.2 Å². The van der Waals surface area contributed by atoms with E-state index in [1.54, 1.807) is 24.0 Å². The smallest absolute Gasteiger partial charge is 0.255 e. The molecule has 2 heterocycles. The minimum atomic E-state index is -0.718. The highest BCUT2D eigenvalue weighted by Crippen LogP contribution is 2.12. The van der Waals surface area contributed by atoms with Crippen molar-refractivity contribution in [2.45, 2.75) is 19.4 Å². The van der Waals surface area contributed by atoms with Gasteiger partial charge in [-0.05, 0) is 30.7 Å². The van der Waals surface area contributed by atoms with Gasteiger partial charge in [0.15, 0.2) is 0 Å². The van der Waals surface area contributed by atoms with Crippen molar-refractivity contribution in [3.8, 4) is 0 Å². The molecule has 0 spiro atoms. The summed E-state index contributed by atoms with van der Waals surface area (Å²) < 4.78 is 10.1. The Morgan fingerprint density at radius 1 is 1.11 bits per heavy atom. The Kier molecular flexibility index (Phi) is 6.44. The molecule has 2 N–H and O–H groups in total. The summed E-state index contributed by atoms with van der Waals surface area (Å²) in [5.74, 6) is -0.655. The fourth-order valence-corrected chi connectivity index (χ4v) is 2.79. The average molecular weight is 385 g/mol. The highest BCUT2D eigenvalue weighted by molar-refractivity contribution is 6.00. The highest BCUT2D eigenvalue weighted by atomic mass is 16.5. The van der Waals surface area contributed by atoms with Gasteiger partial charge < -0.3 is 24.7 Å². The molecule has 8 nitrogen and oxygen atoms in total. The van der Waals surface area contributed by atoms with Crippen molar-refractivity contribution in [3.63, 3.8) is 0 Å². The Balaban J connectivity index is 1.49. The zero-order valence-corrected chi connectivity index (χ0v) is 15.6. The molecule has 1 aromatic heterocycles. The summed E-state index contributed by atoms with van der Waals surface area (Å²) in [6.45, 7) is 3.99. The van der Waals surface area contributed by atoms with Crippen LogP contribution >= 0.6 is 0 Å². The van der Waals surface area contributed by atoms with Crippen molar-refractivity contribution in [3.05, 3.63) is 54.0 Å². The lowest BCUT2D eigenvalue weighted by atomic mass is 10.1. The van der Waals surface area contributed by atoms with Crippen molar-refractivity contribution >= 4 is 23.4 Å². The van der Waals surface area contributed by atoms with Crippen LogP contribution in [0.4, 0.5) is 5.69 Å². The second kappa shape index (κ2) is 9.18. The predicted molar refractivity (Wildman–Crippen MR) is 102 cm³/mol. The van der Waals surface area contributed by atoms with Crippen molar-refractivity contribution in [2.24, 2.45) is 0 Å². The normalized spacial score (nSPS) is 15.0. The minimum Gasteiger partial charge on any atom is -0.472 e. The van der Waals surface area contributed by atoms with Crippen molar-refractivity contribution in [2.75, 3.05) is 31.6 Å². The van der Waals surface area contributed by atoms with E-state index < -0.39 is 6.04 Å². The first kappa shape index (κ1) is 19.6. The fraction of sp³-hybridized carbons (Fsp3) is 0.350. The molecular formula is C20H23N3O5. The van der Waals surface area contributed by atoms with E-state index in [0.717, 1.165) is 5.56 Å². The first-order valence-electron chi connectivity index (χ1n) is 9.11. The topological polar surface area (TPSA) is 101 Å². The predicted octanol–water partition coefficient (Wildman–Crippen LogP) is 1.44. The Bertz CT molecular complexity index is 811. The molecule has 8 heteroatoms. The molecule has 0 radical (unpaired) electrons. The number of rotatable bonds is 6. The monoisotopic (exact) mass is 385 g/mol. The largest absolute Gasteiger partial charge is 0.472 e. The number of nitrogens with one attached hydrogen (secondary N) is 2. The molecule has 1 aliphatic heterocycles. The van der Waals surface area contributed by atoms with Crippen LogP contribution in [0.1, 0.15) is 22.8 Å². The summed E-state index contributed by atoms with van der Waals surface area (Å²) in [4.78, 5) is 38.3. The van der Waals surface area contributed by atoms with Gasteiger partial charge in [-0.25, -0.2) is 0 Å². The van der Waals surface area contributed by atoms with Gasteiger partial charge in [0.05, 0.1) is 31.5 Å². The molecule has 3 amide bonds. The summed E-state index contributed by atoms with van der Waals surface area (Å²) in [5, 5.41) is 5.35. The van der Waals surface area contributed by atoms with Crippen LogP contribution in [-0.4, -0.2) is 55.0 Å². The van der Waals surface area contributed by atoms with Crippen molar-refractivity contribution < 1.29 is 23.5 Å². The molecule has 28 heavy (non-hydrogen) atoms. The standard InChI is InChI=1S/C20H23N3O5/c1-14(21-20(26)16-6-9-28-13-16)19(25)22-17-4-2-15(3-5-17)12-18(24)23-7-10-27-11-8-23/h2-6,9,13-14H,7-8,10-12H2,1H3,(H,21,26)(H,22,25)/t14-/m0/s1. The second-order valence-corrected chi connectivity index (χ2v) is 6.56. The van der Waals surface area contributed by atoms with Gasteiger partial charge in [0.1, 0.15) is 12.3 Å². The maximum absolute atomic E-state index is 12.3. The van der Waals surface area contributed by atoms with Crippen molar-refractivity contribution in [1.29, 1.82) is 0 Å². The van der Waals surface area contributed by atoms with Gasteiger partial charge in [-0.15, -0.1) is 0 Å². The Hall–Kier alpha value is -3.13. The van der Waals surface area contributed by atoms with Gasteiger partial charge in [-0.2, -0.15) is 0 Å². The van der Waals surface area contributed by atoms with Gasteiger partial charge in [0.2, 0.25) is 11.8 Å². The van der Waals surface area contributed by atoms with E-state index in [1.807, 2.05) is 12.1 Å². The third kappa shape index (κ3) is 5.20. The number of benzene rings is 1. The number of hydrogen-bond donors (Lipinski definition) is 2. The minimum absolute atomic E-state index is 0.0654. The number of amides is 3. The fourth-order valence-electron chi connectivity index (χ4n) is 2.79. The first-order chi connectivity index (χ1) is 13.5. The van der Waals surface area contributed by atoms with E-state index in [2.05, 4.69) is 10.6 Å². The van der Waals surface area contributed by atoms with Gasteiger partial charge in [0.25, 0.3) is 5.91 Å². The van der Waals surface area contributed by atoms with Gasteiger partial charge in [0, 0.05) is 18.8 Å². The molecule has 1 saturated heterocycles. The number of morpholine rings is 1. The summed E-state index contributed by atoms with van der Waals surface area (Å²) >= 11 is 0. The van der Waals surface area contributed by atoms with E-state index in [4.69, 9.17) is 9.15 Å². The summed E-state index contributed by atoms with van der Waals surface area (Å²) in [6.07, 6.45) is 3.02. The third-order valence-electron chi connectivity index (χ3n) is 4.46. The van der Waals surface area contributed by atoms with E-state index in [1.165, 1.54) is 18.6 Å². The molecule has 0 aliphatic carbocycles. The average Bonchev–Trinajstić information content (AvgIpc) is 3.25. The summed E-state index contributed by atoms with van der Waals surface area (Å²) in [5.41, 5.74) is 1.82. The van der Waals surface area contributed by atoms with E-state index in [0.29, 0.717) is 44.0 Å². The number of hydrogen-bond acceptors (Lipinski definition) is 5. The van der Waals surface area contributed by atoms with E-state index in [-0.39, 0.29) is 17.7 Å².